The van der Waals surface area contributed by atoms with Crippen LogP contribution in [0, 0.1) is 0 Å². The topological polar surface area (TPSA) is 86.6 Å². The Hall–Kier alpha value is -4.34. The molecule has 0 fully saturated rings. The van der Waals surface area contributed by atoms with Crippen LogP contribution in [-0.2, 0) is 22.6 Å². The molecule has 2 aromatic heterocycles. The Balaban J connectivity index is 1.46. The number of rotatable bonds is 9. The van der Waals surface area contributed by atoms with Gasteiger partial charge >= 0.3 is 12.6 Å². The molecule has 0 aliphatic heterocycles. The predicted molar refractivity (Wildman–Crippen MR) is 128 cm³/mol. The van der Waals surface area contributed by atoms with Gasteiger partial charge in [0, 0.05) is 25.7 Å². The Kier molecular flexibility index (Phi) is 7.53. The fourth-order valence-corrected chi connectivity index (χ4v) is 3.66. The monoisotopic (exact) mass is 494 g/mol. The van der Waals surface area contributed by atoms with Crippen LogP contribution in [0.5, 0.6) is 5.75 Å². The minimum atomic E-state index is -2.91. The molecule has 0 bridgehead atoms. The Morgan fingerprint density at radius 3 is 2.47 bits per heavy atom. The molecule has 4 aromatic rings. The molecule has 0 saturated heterocycles. The first-order chi connectivity index (χ1) is 17.4. The highest BCUT2D eigenvalue weighted by molar-refractivity contribution is 6.04. The summed E-state index contributed by atoms with van der Waals surface area (Å²) in [6.45, 7) is -0.672. The van der Waals surface area contributed by atoms with Gasteiger partial charge in [-0.2, -0.15) is 13.9 Å². The van der Waals surface area contributed by atoms with E-state index in [2.05, 4.69) is 14.8 Å². The van der Waals surface area contributed by atoms with E-state index in [0.29, 0.717) is 28.8 Å². The molecular weight excluding hydrogens is 470 g/mol. The van der Waals surface area contributed by atoms with Crippen LogP contribution in [0.1, 0.15) is 22.8 Å². The van der Waals surface area contributed by atoms with E-state index in [1.807, 2.05) is 37.3 Å². The van der Waals surface area contributed by atoms with E-state index in [-0.39, 0.29) is 17.9 Å². The molecule has 36 heavy (non-hydrogen) atoms. The number of aryl methyl sites for hydroxylation is 1. The zero-order valence-electron chi connectivity index (χ0n) is 19.7. The summed E-state index contributed by atoms with van der Waals surface area (Å²) in [6, 6.07) is 17.0. The molecule has 0 unspecified atom stereocenters. The van der Waals surface area contributed by atoms with Gasteiger partial charge in [-0.05, 0) is 30.7 Å². The van der Waals surface area contributed by atoms with E-state index in [4.69, 9.17) is 4.74 Å². The first-order valence-corrected chi connectivity index (χ1v) is 11.2. The Morgan fingerprint density at radius 1 is 1.08 bits per heavy atom. The number of aromatic nitrogens is 3. The Labute approximate surface area is 206 Å². The van der Waals surface area contributed by atoms with Gasteiger partial charge in [-0.25, -0.2) is 14.5 Å². The van der Waals surface area contributed by atoms with Crippen LogP contribution in [0.3, 0.4) is 0 Å². The fraction of sp³-hybridized carbons (Fsp3) is 0.231. The molecule has 2 aromatic carbocycles. The molecular formula is C26H24F2N4O4. The first kappa shape index (κ1) is 24.8. The summed E-state index contributed by atoms with van der Waals surface area (Å²) in [4.78, 5) is 31.7. The van der Waals surface area contributed by atoms with Crippen LogP contribution < -0.4 is 4.74 Å². The summed E-state index contributed by atoms with van der Waals surface area (Å²) in [5.74, 6) is -1.05. The third-order valence-corrected chi connectivity index (χ3v) is 5.52. The van der Waals surface area contributed by atoms with Gasteiger partial charge in [0.05, 0.1) is 22.8 Å². The highest BCUT2D eigenvalue weighted by Crippen LogP contribution is 2.25. The Bertz CT molecular complexity index is 1360. The number of benzene rings is 2. The maximum atomic E-state index is 13.0. The number of hydrogen-bond acceptors (Lipinski definition) is 6. The molecule has 0 saturated carbocycles. The third-order valence-electron chi connectivity index (χ3n) is 5.52. The number of ether oxygens (including phenoxy) is 2. The van der Waals surface area contributed by atoms with Crippen molar-refractivity contribution in [1.82, 2.24) is 19.7 Å². The van der Waals surface area contributed by atoms with E-state index >= 15 is 0 Å². The highest BCUT2D eigenvalue weighted by atomic mass is 19.3. The fourth-order valence-electron chi connectivity index (χ4n) is 3.66. The van der Waals surface area contributed by atoms with Gasteiger partial charge in [0.15, 0.2) is 12.3 Å². The van der Waals surface area contributed by atoms with Crippen LogP contribution in [-0.4, -0.2) is 51.8 Å². The van der Waals surface area contributed by atoms with Crippen molar-refractivity contribution in [3.05, 3.63) is 78.0 Å². The molecule has 0 spiro atoms. The van der Waals surface area contributed by atoms with E-state index in [0.717, 1.165) is 5.56 Å². The van der Waals surface area contributed by atoms with E-state index in [9.17, 15) is 18.4 Å². The molecule has 2 heterocycles. The number of fused-ring (bicyclic) bond motifs is 1. The number of likely N-dealkylation sites (N-methyl/N-ethyl adjacent to an activating group) is 1. The zero-order valence-corrected chi connectivity index (χ0v) is 19.7. The lowest BCUT2D eigenvalue weighted by Gasteiger charge is -2.17. The van der Waals surface area contributed by atoms with Gasteiger partial charge in [0.2, 0.25) is 0 Å². The standard InChI is InChI=1S/C26H24F2N4O4/c1-3-32-24-21(14-29-32)20(13-22(30-24)18-7-5-4-6-8-18)25(34)35-16-23(33)31(2)15-17-9-11-19(12-10-17)36-26(27)28/h4-14,26H,3,15-16H2,1-2H3. The van der Waals surface area contributed by atoms with E-state index < -0.39 is 25.1 Å². The largest absolute Gasteiger partial charge is 0.452 e. The number of halogens is 2. The van der Waals surface area contributed by atoms with Crippen LogP contribution in [0.2, 0.25) is 0 Å². The number of hydrogen-bond donors (Lipinski definition) is 0. The number of pyridine rings is 1. The van der Waals surface area contributed by atoms with Crippen molar-refractivity contribution in [1.29, 1.82) is 0 Å². The van der Waals surface area contributed by atoms with Crippen molar-refractivity contribution in [2.75, 3.05) is 13.7 Å². The second-order valence-corrected chi connectivity index (χ2v) is 7.97. The van der Waals surface area contributed by atoms with E-state index in [1.54, 1.807) is 36.1 Å². The highest BCUT2D eigenvalue weighted by Gasteiger charge is 2.20. The molecule has 0 aliphatic rings. The van der Waals surface area contributed by atoms with Gasteiger partial charge in [-0.3, -0.25) is 4.79 Å². The van der Waals surface area contributed by atoms with Gasteiger partial charge < -0.3 is 14.4 Å². The number of alkyl halides is 2. The number of amides is 1. The second-order valence-electron chi connectivity index (χ2n) is 7.97. The lowest BCUT2D eigenvalue weighted by Crippen LogP contribution is -2.30. The predicted octanol–water partition coefficient (Wildman–Crippen LogP) is 4.54. The average molecular weight is 494 g/mol. The van der Waals surface area contributed by atoms with Gasteiger partial charge in [-0.1, -0.05) is 42.5 Å². The number of carbonyl (C=O) groups is 2. The molecule has 4 rings (SSSR count). The first-order valence-electron chi connectivity index (χ1n) is 11.2. The molecule has 8 nitrogen and oxygen atoms in total. The summed E-state index contributed by atoms with van der Waals surface area (Å²) in [5, 5.41) is 4.84. The third kappa shape index (κ3) is 5.65. The van der Waals surface area contributed by atoms with Gasteiger partial charge in [-0.15, -0.1) is 0 Å². The molecule has 10 heteroatoms. The number of nitrogens with zero attached hydrogens (tertiary/aromatic N) is 4. The van der Waals surface area contributed by atoms with Crippen LogP contribution in [0.25, 0.3) is 22.3 Å². The summed E-state index contributed by atoms with van der Waals surface area (Å²) >= 11 is 0. The molecule has 0 N–H and O–H groups in total. The minimum Gasteiger partial charge on any atom is -0.452 e. The van der Waals surface area contributed by atoms with Crippen molar-refractivity contribution >= 4 is 22.9 Å². The average Bonchev–Trinajstić information content (AvgIpc) is 3.31. The summed E-state index contributed by atoms with van der Waals surface area (Å²) < 4.78 is 36.0. The molecule has 186 valence electrons. The number of carbonyl (C=O) groups excluding carboxylic acids is 2. The lowest BCUT2D eigenvalue weighted by molar-refractivity contribution is -0.133. The smallest absolute Gasteiger partial charge is 0.387 e. The van der Waals surface area contributed by atoms with E-state index in [1.165, 1.54) is 17.0 Å². The van der Waals surface area contributed by atoms with Gasteiger partial charge in [0.1, 0.15) is 5.75 Å². The maximum absolute atomic E-state index is 13.0. The molecule has 0 radical (unpaired) electrons. The lowest BCUT2D eigenvalue weighted by atomic mass is 10.1. The van der Waals surface area contributed by atoms with Crippen molar-refractivity contribution < 1.29 is 27.8 Å². The van der Waals surface area contributed by atoms with Crippen LogP contribution >= 0.6 is 0 Å². The molecule has 0 aliphatic carbocycles. The van der Waals surface area contributed by atoms with Crippen LogP contribution in [0.4, 0.5) is 8.78 Å². The van der Waals surface area contributed by atoms with Gasteiger partial charge in [0.25, 0.3) is 5.91 Å². The van der Waals surface area contributed by atoms with Crippen LogP contribution in [0.15, 0.2) is 66.9 Å². The molecule has 0 atom stereocenters. The SMILES string of the molecule is CCn1ncc2c(C(=O)OCC(=O)N(C)Cc3ccc(OC(F)F)cc3)cc(-c3ccccc3)nc21. The molecule has 1 amide bonds. The van der Waals surface area contributed by atoms with Crippen molar-refractivity contribution in [2.45, 2.75) is 26.6 Å². The quantitative estimate of drug-likeness (QED) is 0.318. The zero-order chi connectivity index (χ0) is 25.7. The summed E-state index contributed by atoms with van der Waals surface area (Å²) in [7, 11) is 1.56. The normalized spacial score (nSPS) is 11.0. The van der Waals surface area contributed by atoms with Crippen molar-refractivity contribution in [2.24, 2.45) is 0 Å². The maximum Gasteiger partial charge on any atom is 0.387 e. The summed E-state index contributed by atoms with van der Waals surface area (Å²) in [6.07, 6.45) is 1.56. The van der Waals surface area contributed by atoms with Crippen molar-refractivity contribution in [3.8, 4) is 17.0 Å². The Morgan fingerprint density at radius 2 is 1.81 bits per heavy atom. The summed E-state index contributed by atoms with van der Waals surface area (Å²) in [5.41, 5.74) is 2.94. The minimum absolute atomic E-state index is 0.0293. The number of esters is 1. The van der Waals surface area contributed by atoms with Crippen molar-refractivity contribution in [3.63, 3.8) is 0 Å². The second kappa shape index (κ2) is 10.9.